The first-order chi connectivity index (χ1) is 8.11. The van der Waals surface area contributed by atoms with Crippen molar-refractivity contribution >= 4 is 40.9 Å². The molecule has 1 saturated carbocycles. The van der Waals surface area contributed by atoms with Gasteiger partial charge < -0.3 is 11.1 Å². The SMILES string of the molecule is Cl.NCC(NC(=O)c1ccc(F)cc1I)C1CC1. The van der Waals surface area contributed by atoms with E-state index in [9.17, 15) is 9.18 Å². The fourth-order valence-electron chi connectivity index (χ4n) is 1.79. The van der Waals surface area contributed by atoms with Crippen LogP contribution in [0.4, 0.5) is 4.39 Å². The van der Waals surface area contributed by atoms with Crippen LogP contribution in [-0.4, -0.2) is 18.5 Å². The molecule has 0 saturated heterocycles. The molecule has 3 N–H and O–H groups in total. The molecule has 3 nitrogen and oxygen atoms in total. The summed E-state index contributed by atoms with van der Waals surface area (Å²) >= 11 is 1.96. The predicted molar refractivity (Wildman–Crippen MR) is 79.4 cm³/mol. The second kappa shape index (κ2) is 6.68. The monoisotopic (exact) mass is 384 g/mol. The highest BCUT2D eigenvalue weighted by molar-refractivity contribution is 14.1. The summed E-state index contributed by atoms with van der Waals surface area (Å²) in [5.41, 5.74) is 6.13. The summed E-state index contributed by atoms with van der Waals surface area (Å²) in [6, 6.07) is 4.20. The van der Waals surface area contributed by atoms with E-state index in [4.69, 9.17) is 5.73 Å². The van der Waals surface area contributed by atoms with Crippen molar-refractivity contribution in [1.82, 2.24) is 5.32 Å². The number of nitrogens with two attached hydrogens (primary N) is 1. The van der Waals surface area contributed by atoms with Crippen molar-refractivity contribution in [2.45, 2.75) is 18.9 Å². The van der Waals surface area contributed by atoms with Gasteiger partial charge in [0.1, 0.15) is 5.82 Å². The normalized spacial score (nSPS) is 15.7. The second-order valence-corrected chi connectivity index (χ2v) is 5.44. The Morgan fingerprint density at radius 3 is 2.72 bits per heavy atom. The van der Waals surface area contributed by atoms with Crippen LogP contribution in [0, 0.1) is 15.3 Å². The van der Waals surface area contributed by atoms with Gasteiger partial charge in [0, 0.05) is 16.2 Å². The van der Waals surface area contributed by atoms with Crippen molar-refractivity contribution in [1.29, 1.82) is 0 Å². The van der Waals surface area contributed by atoms with Crippen molar-refractivity contribution in [3.8, 4) is 0 Å². The lowest BCUT2D eigenvalue weighted by atomic mass is 10.1. The van der Waals surface area contributed by atoms with Gasteiger partial charge in [-0.05, 0) is 59.5 Å². The minimum Gasteiger partial charge on any atom is -0.348 e. The fourth-order valence-corrected chi connectivity index (χ4v) is 2.51. The van der Waals surface area contributed by atoms with E-state index in [1.807, 2.05) is 22.6 Å². The molecule has 1 atom stereocenters. The number of amides is 1. The Morgan fingerprint density at radius 1 is 1.56 bits per heavy atom. The van der Waals surface area contributed by atoms with Crippen molar-refractivity contribution in [3.05, 3.63) is 33.1 Å². The standard InChI is InChI=1S/C12H14FIN2O.ClH/c13-8-3-4-9(10(14)5-8)12(17)16-11(6-15)7-1-2-7;/h3-5,7,11H,1-2,6,15H2,(H,16,17);1H. The second-order valence-electron chi connectivity index (χ2n) is 4.28. The Balaban J connectivity index is 0.00000162. The maximum Gasteiger partial charge on any atom is 0.252 e. The van der Waals surface area contributed by atoms with Crippen molar-refractivity contribution < 1.29 is 9.18 Å². The van der Waals surface area contributed by atoms with E-state index in [2.05, 4.69) is 5.32 Å². The van der Waals surface area contributed by atoms with Gasteiger partial charge in [0.25, 0.3) is 5.91 Å². The molecule has 0 heterocycles. The summed E-state index contributed by atoms with van der Waals surface area (Å²) < 4.78 is 13.5. The summed E-state index contributed by atoms with van der Waals surface area (Å²) in [4.78, 5) is 12.0. The Labute approximate surface area is 125 Å². The number of rotatable bonds is 4. The fraction of sp³-hybridized carbons (Fsp3) is 0.417. The minimum absolute atomic E-state index is 0. The van der Waals surface area contributed by atoms with Gasteiger partial charge in [-0.2, -0.15) is 0 Å². The molecule has 0 aromatic heterocycles. The first kappa shape index (κ1) is 15.7. The Morgan fingerprint density at radius 2 is 2.22 bits per heavy atom. The van der Waals surface area contributed by atoms with Crippen LogP contribution >= 0.6 is 35.0 Å². The van der Waals surface area contributed by atoms with Gasteiger partial charge >= 0.3 is 0 Å². The van der Waals surface area contributed by atoms with E-state index in [0.29, 0.717) is 21.6 Å². The molecular formula is C12H15ClFIN2O. The third kappa shape index (κ3) is 3.80. The van der Waals surface area contributed by atoms with Crippen molar-refractivity contribution in [2.75, 3.05) is 6.54 Å². The van der Waals surface area contributed by atoms with Gasteiger partial charge in [-0.3, -0.25) is 4.79 Å². The molecule has 100 valence electrons. The molecule has 2 rings (SSSR count). The molecular weight excluding hydrogens is 370 g/mol. The molecule has 1 aromatic rings. The number of hydrogen-bond acceptors (Lipinski definition) is 2. The first-order valence-corrected chi connectivity index (χ1v) is 6.65. The predicted octanol–water partition coefficient (Wildman–Crippen LogP) is 2.32. The third-order valence-electron chi connectivity index (χ3n) is 2.94. The molecule has 1 aliphatic carbocycles. The zero-order valence-electron chi connectivity index (χ0n) is 9.66. The van der Waals surface area contributed by atoms with Gasteiger partial charge in [-0.15, -0.1) is 12.4 Å². The van der Waals surface area contributed by atoms with Crippen LogP contribution in [0.2, 0.25) is 0 Å². The maximum atomic E-state index is 12.9. The van der Waals surface area contributed by atoms with Crippen LogP contribution in [0.15, 0.2) is 18.2 Å². The summed E-state index contributed by atoms with van der Waals surface area (Å²) in [5, 5.41) is 2.91. The number of benzene rings is 1. The zero-order valence-corrected chi connectivity index (χ0v) is 12.6. The topological polar surface area (TPSA) is 55.1 Å². The molecule has 1 aliphatic rings. The van der Waals surface area contributed by atoms with Crippen molar-refractivity contribution in [2.24, 2.45) is 11.7 Å². The van der Waals surface area contributed by atoms with E-state index in [0.717, 1.165) is 12.8 Å². The van der Waals surface area contributed by atoms with Gasteiger partial charge in [0.05, 0.1) is 5.56 Å². The van der Waals surface area contributed by atoms with E-state index in [1.165, 1.54) is 18.2 Å². The maximum absolute atomic E-state index is 12.9. The van der Waals surface area contributed by atoms with Gasteiger partial charge in [0.15, 0.2) is 0 Å². The number of halogens is 3. The molecule has 1 unspecified atom stereocenters. The number of nitrogens with one attached hydrogen (secondary N) is 1. The molecule has 0 radical (unpaired) electrons. The van der Waals surface area contributed by atoms with Crippen LogP contribution in [-0.2, 0) is 0 Å². The molecule has 1 fully saturated rings. The number of hydrogen-bond donors (Lipinski definition) is 2. The van der Waals surface area contributed by atoms with Crippen LogP contribution in [0.5, 0.6) is 0 Å². The van der Waals surface area contributed by atoms with Gasteiger partial charge in [-0.1, -0.05) is 0 Å². The first-order valence-electron chi connectivity index (χ1n) is 5.58. The van der Waals surface area contributed by atoms with E-state index in [1.54, 1.807) is 0 Å². The average Bonchev–Trinajstić information content (AvgIpc) is 3.09. The largest absolute Gasteiger partial charge is 0.348 e. The van der Waals surface area contributed by atoms with Crippen LogP contribution < -0.4 is 11.1 Å². The van der Waals surface area contributed by atoms with Crippen molar-refractivity contribution in [3.63, 3.8) is 0 Å². The lowest BCUT2D eigenvalue weighted by Crippen LogP contribution is -2.42. The van der Waals surface area contributed by atoms with Gasteiger partial charge in [0.2, 0.25) is 0 Å². The lowest BCUT2D eigenvalue weighted by molar-refractivity contribution is 0.0932. The van der Waals surface area contributed by atoms with Crippen LogP contribution in [0.1, 0.15) is 23.2 Å². The average molecular weight is 385 g/mol. The van der Waals surface area contributed by atoms with E-state index < -0.39 is 0 Å². The Kier molecular flexibility index (Phi) is 5.81. The van der Waals surface area contributed by atoms with Crippen LogP contribution in [0.25, 0.3) is 0 Å². The smallest absolute Gasteiger partial charge is 0.252 e. The lowest BCUT2D eigenvalue weighted by Gasteiger charge is -2.16. The number of carbonyl (C=O) groups excluding carboxylic acids is 1. The zero-order chi connectivity index (χ0) is 12.4. The third-order valence-corrected chi connectivity index (χ3v) is 3.83. The Bertz CT molecular complexity index is 440. The summed E-state index contributed by atoms with van der Waals surface area (Å²) in [7, 11) is 0. The minimum atomic E-state index is -0.330. The molecule has 0 bridgehead atoms. The van der Waals surface area contributed by atoms with Crippen LogP contribution in [0.3, 0.4) is 0 Å². The highest BCUT2D eigenvalue weighted by Crippen LogP contribution is 2.32. The summed E-state index contributed by atoms with van der Waals surface area (Å²) in [6.45, 7) is 0.453. The molecule has 0 spiro atoms. The quantitative estimate of drug-likeness (QED) is 0.783. The summed E-state index contributed by atoms with van der Waals surface area (Å²) in [5.74, 6) is 0.0160. The highest BCUT2D eigenvalue weighted by atomic mass is 127. The van der Waals surface area contributed by atoms with E-state index in [-0.39, 0.29) is 30.2 Å². The van der Waals surface area contributed by atoms with E-state index >= 15 is 0 Å². The number of carbonyl (C=O) groups is 1. The van der Waals surface area contributed by atoms with Gasteiger partial charge in [-0.25, -0.2) is 4.39 Å². The molecule has 1 amide bonds. The molecule has 0 aliphatic heterocycles. The molecule has 6 heteroatoms. The summed E-state index contributed by atoms with van der Waals surface area (Å²) in [6.07, 6.45) is 2.26. The Hall–Kier alpha value is -0.400. The molecule has 18 heavy (non-hydrogen) atoms. The highest BCUT2D eigenvalue weighted by Gasteiger charge is 2.31. The molecule has 1 aromatic carbocycles.